The van der Waals surface area contributed by atoms with Crippen LogP contribution in [0.5, 0.6) is 5.75 Å². The van der Waals surface area contributed by atoms with Gasteiger partial charge in [0.25, 0.3) is 0 Å². The number of anilines is 1. The molecular formula is C21H21ClN2O3S. The number of rotatable bonds is 3. The van der Waals surface area contributed by atoms with Crippen molar-refractivity contribution in [3.8, 4) is 5.75 Å². The van der Waals surface area contributed by atoms with Gasteiger partial charge in [0.05, 0.1) is 12.6 Å². The Balaban J connectivity index is 1.90. The zero-order valence-corrected chi connectivity index (χ0v) is 17.4. The number of benzene rings is 2. The molecular weight excluding hydrogens is 396 g/mol. The summed E-state index contributed by atoms with van der Waals surface area (Å²) in [5.74, 6) is -0.302. The van der Waals surface area contributed by atoms with Crippen molar-refractivity contribution in [2.75, 3.05) is 11.5 Å². The van der Waals surface area contributed by atoms with Crippen LogP contribution in [0.25, 0.3) is 0 Å². The first kappa shape index (κ1) is 19.0. The number of hydrogen-bond acceptors (Lipinski definition) is 4. The SMILES string of the molecule is CCOC(=O)[C@H]1[C@@H]2NC(=S)N(c3cccc(C)c3)[C@@]1(C)Oc1ccc(Cl)cc12. The predicted molar refractivity (Wildman–Crippen MR) is 113 cm³/mol. The number of esters is 1. The summed E-state index contributed by atoms with van der Waals surface area (Å²) in [5.41, 5.74) is 1.69. The minimum absolute atomic E-state index is 0.287. The van der Waals surface area contributed by atoms with Crippen LogP contribution in [0.4, 0.5) is 5.69 Å². The lowest BCUT2D eigenvalue weighted by atomic mass is 9.79. The predicted octanol–water partition coefficient (Wildman–Crippen LogP) is 4.37. The molecule has 0 saturated carbocycles. The van der Waals surface area contributed by atoms with Gasteiger partial charge in [0, 0.05) is 16.3 Å². The molecule has 0 aliphatic carbocycles. The van der Waals surface area contributed by atoms with Gasteiger partial charge in [-0.3, -0.25) is 9.69 Å². The van der Waals surface area contributed by atoms with Gasteiger partial charge in [-0.2, -0.15) is 0 Å². The molecule has 2 bridgehead atoms. The largest absolute Gasteiger partial charge is 0.466 e. The molecule has 7 heteroatoms. The first-order valence-electron chi connectivity index (χ1n) is 9.17. The van der Waals surface area contributed by atoms with Crippen LogP contribution in [0, 0.1) is 12.8 Å². The molecule has 4 rings (SSSR count). The van der Waals surface area contributed by atoms with Gasteiger partial charge >= 0.3 is 5.97 Å². The number of aryl methyl sites for hydroxylation is 1. The molecule has 2 aromatic carbocycles. The minimum Gasteiger partial charge on any atom is -0.466 e. The van der Waals surface area contributed by atoms with E-state index in [1.165, 1.54) is 0 Å². The summed E-state index contributed by atoms with van der Waals surface area (Å²) in [5, 5.41) is 4.39. The van der Waals surface area contributed by atoms with Gasteiger partial charge in [0.1, 0.15) is 11.7 Å². The highest BCUT2D eigenvalue weighted by Gasteiger charge is 2.59. The third-order valence-electron chi connectivity index (χ3n) is 5.26. The van der Waals surface area contributed by atoms with Crippen molar-refractivity contribution in [1.82, 2.24) is 5.32 Å². The summed E-state index contributed by atoms with van der Waals surface area (Å²) < 4.78 is 11.9. The Bertz CT molecular complexity index is 966. The number of fused-ring (bicyclic) bond motifs is 4. The maximum Gasteiger partial charge on any atom is 0.317 e. The van der Waals surface area contributed by atoms with Crippen molar-refractivity contribution < 1.29 is 14.3 Å². The second-order valence-electron chi connectivity index (χ2n) is 7.17. The molecule has 28 heavy (non-hydrogen) atoms. The van der Waals surface area contributed by atoms with E-state index in [2.05, 4.69) is 5.32 Å². The monoisotopic (exact) mass is 416 g/mol. The number of hydrogen-bond donors (Lipinski definition) is 1. The van der Waals surface area contributed by atoms with Gasteiger partial charge in [0.2, 0.25) is 5.72 Å². The van der Waals surface area contributed by atoms with Crippen molar-refractivity contribution in [3.05, 3.63) is 58.6 Å². The molecule has 0 spiro atoms. The summed E-state index contributed by atoms with van der Waals surface area (Å²) in [4.78, 5) is 14.9. The lowest BCUT2D eigenvalue weighted by Crippen LogP contribution is -2.71. The van der Waals surface area contributed by atoms with Gasteiger partial charge in [0.15, 0.2) is 5.11 Å². The molecule has 5 nitrogen and oxygen atoms in total. The number of nitrogens with one attached hydrogen (secondary N) is 1. The van der Waals surface area contributed by atoms with Crippen LogP contribution in [0.2, 0.25) is 5.02 Å². The molecule has 0 unspecified atom stereocenters. The van der Waals surface area contributed by atoms with E-state index in [1.54, 1.807) is 13.0 Å². The highest BCUT2D eigenvalue weighted by Crippen LogP contribution is 2.50. The maximum absolute atomic E-state index is 13.0. The third kappa shape index (κ3) is 2.91. The van der Waals surface area contributed by atoms with E-state index in [0.717, 1.165) is 16.8 Å². The lowest BCUT2D eigenvalue weighted by molar-refractivity contribution is -0.159. The quantitative estimate of drug-likeness (QED) is 0.592. The minimum atomic E-state index is -1.05. The summed E-state index contributed by atoms with van der Waals surface area (Å²) in [6, 6.07) is 13.0. The zero-order valence-electron chi connectivity index (χ0n) is 15.9. The fraction of sp³-hybridized carbons (Fsp3) is 0.333. The average molecular weight is 417 g/mol. The summed E-state index contributed by atoms with van der Waals surface area (Å²) >= 11 is 11.9. The van der Waals surface area contributed by atoms with Gasteiger partial charge in [-0.15, -0.1) is 0 Å². The lowest BCUT2D eigenvalue weighted by Gasteiger charge is -2.55. The fourth-order valence-electron chi connectivity index (χ4n) is 4.10. The molecule has 1 fully saturated rings. The number of ether oxygens (including phenoxy) is 2. The molecule has 146 valence electrons. The van der Waals surface area contributed by atoms with Gasteiger partial charge in [-0.25, -0.2) is 0 Å². The van der Waals surface area contributed by atoms with Crippen LogP contribution in [0.3, 0.4) is 0 Å². The Kier molecular flexibility index (Phi) is 4.71. The number of thiocarbonyl (C=S) groups is 1. The fourth-order valence-corrected chi connectivity index (χ4v) is 4.70. The third-order valence-corrected chi connectivity index (χ3v) is 5.80. The van der Waals surface area contributed by atoms with Crippen LogP contribution < -0.4 is 15.0 Å². The van der Waals surface area contributed by atoms with Gasteiger partial charge in [-0.05, 0) is 68.9 Å². The van der Waals surface area contributed by atoms with E-state index in [4.69, 9.17) is 33.3 Å². The molecule has 2 aliphatic rings. The maximum atomic E-state index is 13.0. The molecule has 1 N–H and O–H groups in total. The Labute approximate surface area is 174 Å². The Morgan fingerprint density at radius 1 is 1.36 bits per heavy atom. The Morgan fingerprint density at radius 2 is 2.14 bits per heavy atom. The van der Waals surface area contributed by atoms with Crippen molar-refractivity contribution in [2.45, 2.75) is 32.5 Å². The molecule has 0 aromatic heterocycles. The highest BCUT2D eigenvalue weighted by atomic mass is 35.5. The molecule has 2 heterocycles. The molecule has 2 aromatic rings. The first-order chi connectivity index (χ1) is 13.3. The van der Waals surface area contributed by atoms with Gasteiger partial charge in [-0.1, -0.05) is 23.7 Å². The van der Waals surface area contributed by atoms with Crippen LogP contribution in [0.1, 0.15) is 31.0 Å². The summed E-state index contributed by atoms with van der Waals surface area (Å²) in [6.07, 6.45) is 0. The first-order valence-corrected chi connectivity index (χ1v) is 9.96. The Hall–Kier alpha value is -2.31. The smallest absolute Gasteiger partial charge is 0.317 e. The molecule has 3 atom stereocenters. The van der Waals surface area contributed by atoms with E-state index in [0.29, 0.717) is 15.9 Å². The number of halogens is 1. The number of nitrogens with zero attached hydrogens (tertiary/aromatic N) is 1. The van der Waals surface area contributed by atoms with Crippen molar-refractivity contribution in [1.29, 1.82) is 0 Å². The molecule has 2 aliphatic heterocycles. The zero-order chi connectivity index (χ0) is 20.1. The Morgan fingerprint density at radius 3 is 2.86 bits per heavy atom. The normalized spacial score (nSPS) is 25.4. The average Bonchev–Trinajstić information content (AvgIpc) is 2.62. The second kappa shape index (κ2) is 6.94. The summed E-state index contributed by atoms with van der Waals surface area (Å²) in [6.45, 7) is 5.97. The van der Waals surface area contributed by atoms with Crippen LogP contribution in [0.15, 0.2) is 42.5 Å². The highest BCUT2D eigenvalue weighted by molar-refractivity contribution is 7.80. The van der Waals surface area contributed by atoms with E-state index < -0.39 is 11.6 Å². The van der Waals surface area contributed by atoms with Gasteiger partial charge < -0.3 is 14.8 Å². The van der Waals surface area contributed by atoms with Crippen molar-refractivity contribution in [2.24, 2.45) is 5.92 Å². The second-order valence-corrected chi connectivity index (χ2v) is 7.99. The van der Waals surface area contributed by atoms with E-state index in [1.807, 2.05) is 55.1 Å². The van der Waals surface area contributed by atoms with Crippen LogP contribution >= 0.6 is 23.8 Å². The van der Waals surface area contributed by atoms with Crippen molar-refractivity contribution in [3.63, 3.8) is 0 Å². The van der Waals surface area contributed by atoms with Crippen molar-refractivity contribution >= 4 is 40.6 Å². The molecule has 0 radical (unpaired) electrons. The van der Waals surface area contributed by atoms with E-state index in [9.17, 15) is 4.79 Å². The van der Waals surface area contributed by atoms with Crippen LogP contribution in [-0.4, -0.2) is 23.4 Å². The number of carbonyl (C=O) groups excluding carboxylic acids is 1. The standard InChI is InChI=1S/C21H21ClN2O3S/c1-4-26-19(25)17-18-15-11-13(22)8-9-16(15)27-21(17,3)24(20(28)23-18)14-7-5-6-12(2)10-14/h5-11,17-18H,4H2,1-3H3,(H,23,28)/t17-,18-,21+/m1/s1. The molecule has 0 amide bonds. The van der Waals surface area contributed by atoms with E-state index in [-0.39, 0.29) is 18.6 Å². The number of carbonyl (C=O) groups is 1. The summed E-state index contributed by atoms with van der Waals surface area (Å²) in [7, 11) is 0. The van der Waals surface area contributed by atoms with E-state index >= 15 is 0 Å². The topological polar surface area (TPSA) is 50.8 Å². The van der Waals surface area contributed by atoms with Crippen LogP contribution in [-0.2, 0) is 9.53 Å². The molecule has 1 saturated heterocycles.